The Kier molecular flexibility index (Phi) is 5.75. The van der Waals surface area contributed by atoms with Crippen molar-refractivity contribution in [2.75, 3.05) is 0 Å². The summed E-state index contributed by atoms with van der Waals surface area (Å²) in [6.45, 7) is 1.75. The van der Waals surface area contributed by atoms with Gasteiger partial charge in [0.05, 0.1) is 17.8 Å². The molecular formula is C19H16ClNO4S. The highest BCUT2D eigenvalue weighted by Crippen LogP contribution is 2.35. The van der Waals surface area contributed by atoms with Crippen LogP contribution < -0.4 is 5.32 Å². The molecule has 0 radical (unpaired) electrons. The summed E-state index contributed by atoms with van der Waals surface area (Å²) in [6.07, 6.45) is 3.48. The molecule has 0 fully saturated rings. The SMILES string of the molecule is C[C@@H](OC(=O)/C=C/c1sc2ccccc2c1Cl)C(=O)NCc1ccco1. The number of furan rings is 1. The highest BCUT2D eigenvalue weighted by molar-refractivity contribution is 7.20. The van der Waals surface area contributed by atoms with Gasteiger partial charge in [-0.05, 0) is 31.2 Å². The van der Waals surface area contributed by atoms with Crippen LogP contribution in [0.5, 0.6) is 0 Å². The van der Waals surface area contributed by atoms with Crippen LogP contribution in [0.25, 0.3) is 16.2 Å². The van der Waals surface area contributed by atoms with Gasteiger partial charge in [0.25, 0.3) is 5.91 Å². The summed E-state index contributed by atoms with van der Waals surface area (Å²) in [5, 5.41) is 4.18. The minimum atomic E-state index is -0.917. The van der Waals surface area contributed by atoms with Gasteiger partial charge in [-0.2, -0.15) is 0 Å². The zero-order valence-electron chi connectivity index (χ0n) is 13.9. The minimum absolute atomic E-state index is 0.237. The van der Waals surface area contributed by atoms with E-state index in [1.807, 2.05) is 24.3 Å². The zero-order chi connectivity index (χ0) is 18.5. The summed E-state index contributed by atoms with van der Waals surface area (Å²) in [6, 6.07) is 11.2. The van der Waals surface area contributed by atoms with E-state index in [0.717, 1.165) is 15.0 Å². The fourth-order valence-electron chi connectivity index (χ4n) is 2.28. The number of benzene rings is 1. The van der Waals surface area contributed by atoms with Gasteiger partial charge in [-0.25, -0.2) is 4.79 Å². The molecule has 1 aromatic carbocycles. The van der Waals surface area contributed by atoms with E-state index < -0.39 is 18.0 Å². The van der Waals surface area contributed by atoms with Crippen molar-refractivity contribution in [1.82, 2.24) is 5.32 Å². The molecule has 2 aromatic heterocycles. The Labute approximate surface area is 159 Å². The molecule has 0 aliphatic carbocycles. The number of amides is 1. The number of halogens is 1. The highest BCUT2D eigenvalue weighted by Gasteiger charge is 2.16. The quantitative estimate of drug-likeness (QED) is 0.501. The van der Waals surface area contributed by atoms with E-state index in [4.69, 9.17) is 20.8 Å². The molecule has 0 spiro atoms. The van der Waals surface area contributed by atoms with Crippen LogP contribution in [0, 0.1) is 0 Å². The molecule has 3 aromatic rings. The Morgan fingerprint density at radius 2 is 2.12 bits per heavy atom. The van der Waals surface area contributed by atoms with Gasteiger partial charge in [0, 0.05) is 21.0 Å². The summed E-state index contributed by atoms with van der Waals surface area (Å²) in [5.41, 5.74) is 0. The van der Waals surface area contributed by atoms with E-state index in [2.05, 4.69) is 5.32 Å². The van der Waals surface area contributed by atoms with Crippen LogP contribution in [0.3, 0.4) is 0 Å². The Balaban J connectivity index is 1.56. The number of thiophene rings is 1. The van der Waals surface area contributed by atoms with Gasteiger partial charge in [-0.1, -0.05) is 29.8 Å². The maximum absolute atomic E-state index is 11.9. The first-order chi connectivity index (χ1) is 12.5. The van der Waals surface area contributed by atoms with Crippen molar-refractivity contribution in [2.24, 2.45) is 0 Å². The number of hydrogen-bond donors (Lipinski definition) is 1. The lowest BCUT2D eigenvalue weighted by atomic mass is 10.2. The first-order valence-corrected chi connectivity index (χ1v) is 9.10. The van der Waals surface area contributed by atoms with Gasteiger partial charge in [0.1, 0.15) is 5.76 Å². The molecule has 0 unspecified atom stereocenters. The predicted octanol–water partition coefficient (Wildman–Crippen LogP) is 4.41. The van der Waals surface area contributed by atoms with Crippen LogP contribution in [0.15, 0.2) is 53.2 Å². The van der Waals surface area contributed by atoms with Crippen LogP contribution in [0.4, 0.5) is 0 Å². The van der Waals surface area contributed by atoms with Gasteiger partial charge in [-0.3, -0.25) is 4.79 Å². The molecule has 134 valence electrons. The average Bonchev–Trinajstić information content (AvgIpc) is 3.26. The van der Waals surface area contributed by atoms with Crippen molar-refractivity contribution in [1.29, 1.82) is 0 Å². The van der Waals surface area contributed by atoms with Crippen molar-refractivity contribution < 1.29 is 18.7 Å². The fraction of sp³-hybridized carbons (Fsp3) is 0.158. The number of ether oxygens (including phenoxy) is 1. The number of rotatable bonds is 6. The third-order valence-corrected chi connectivity index (χ3v) is 5.26. The van der Waals surface area contributed by atoms with Crippen molar-refractivity contribution >= 4 is 51.0 Å². The minimum Gasteiger partial charge on any atom is -0.467 e. The molecule has 1 N–H and O–H groups in total. The summed E-state index contributed by atoms with van der Waals surface area (Å²) in [4.78, 5) is 24.7. The van der Waals surface area contributed by atoms with E-state index in [9.17, 15) is 9.59 Å². The number of carbonyl (C=O) groups excluding carboxylic acids is 2. The average molecular weight is 390 g/mol. The number of esters is 1. The van der Waals surface area contributed by atoms with Gasteiger partial charge in [0.2, 0.25) is 0 Å². The van der Waals surface area contributed by atoms with Crippen molar-refractivity contribution in [3.63, 3.8) is 0 Å². The van der Waals surface area contributed by atoms with E-state index in [0.29, 0.717) is 10.8 Å². The first kappa shape index (κ1) is 18.2. The Morgan fingerprint density at radius 1 is 1.31 bits per heavy atom. The molecule has 0 aliphatic heterocycles. The normalized spacial score (nSPS) is 12.4. The smallest absolute Gasteiger partial charge is 0.331 e. The van der Waals surface area contributed by atoms with Gasteiger partial charge in [0.15, 0.2) is 6.10 Å². The molecule has 0 saturated carbocycles. The van der Waals surface area contributed by atoms with Crippen molar-refractivity contribution in [3.05, 3.63) is 64.4 Å². The second kappa shape index (κ2) is 8.21. The maximum atomic E-state index is 11.9. The van der Waals surface area contributed by atoms with Crippen molar-refractivity contribution in [2.45, 2.75) is 19.6 Å². The Hall–Kier alpha value is -2.57. The van der Waals surface area contributed by atoms with Crippen LogP contribution >= 0.6 is 22.9 Å². The van der Waals surface area contributed by atoms with E-state index in [1.54, 1.807) is 18.2 Å². The van der Waals surface area contributed by atoms with Gasteiger partial charge in [-0.15, -0.1) is 11.3 Å². The van der Waals surface area contributed by atoms with Gasteiger partial charge < -0.3 is 14.5 Å². The molecule has 0 aliphatic rings. The molecule has 5 nitrogen and oxygen atoms in total. The first-order valence-electron chi connectivity index (χ1n) is 7.90. The standard InChI is InChI=1S/C19H16ClNO4S/c1-12(19(23)21-11-13-5-4-10-24-13)25-17(22)9-8-16-18(20)14-6-2-3-7-15(14)26-16/h2-10,12H,11H2,1H3,(H,21,23)/b9-8+/t12-/m1/s1. The van der Waals surface area contributed by atoms with Crippen LogP contribution in [-0.4, -0.2) is 18.0 Å². The lowest BCUT2D eigenvalue weighted by Gasteiger charge is -2.11. The molecule has 0 saturated heterocycles. The lowest BCUT2D eigenvalue weighted by Crippen LogP contribution is -2.35. The summed E-state index contributed by atoms with van der Waals surface area (Å²) < 4.78 is 11.3. The van der Waals surface area contributed by atoms with Crippen LogP contribution in [-0.2, 0) is 20.9 Å². The third-order valence-electron chi connectivity index (χ3n) is 3.61. The van der Waals surface area contributed by atoms with Crippen LogP contribution in [0.2, 0.25) is 5.02 Å². The molecule has 1 atom stereocenters. The number of fused-ring (bicyclic) bond motifs is 1. The number of nitrogens with one attached hydrogen (secondary N) is 1. The molecular weight excluding hydrogens is 374 g/mol. The summed E-state index contributed by atoms with van der Waals surface area (Å²) >= 11 is 7.80. The van der Waals surface area contributed by atoms with E-state index in [-0.39, 0.29) is 6.54 Å². The summed E-state index contributed by atoms with van der Waals surface area (Å²) in [5.74, 6) is -0.390. The van der Waals surface area contributed by atoms with E-state index >= 15 is 0 Å². The monoisotopic (exact) mass is 389 g/mol. The second-order valence-corrected chi connectivity index (χ2v) is 6.95. The number of hydrogen-bond acceptors (Lipinski definition) is 5. The molecule has 0 bridgehead atoms. The van der Waals surface area contributed by atoms with Crippen LogP contribution in [0.1, 0.15) is 17.6 Å². The topological polar surface area (TPSA) is 68.5 Å². The Bertz CT molecular complexity index is 946. The Morgan fingerprint density at radius 3 is 2.85 bits per heavy atom. The van der Waals surface area contributed by atoms with E-state index in [1.165, 1.54) is 30.6 Å². The fourth-order valence-corrected chi connectivity index (χ4v) is 3.68. The second-order valence-electron chi connectivity index (χ2n) is 5.49. The predicted molar refractivity (Wildman–Crippen MR) is 102 cm³/mol. The highest BCUT2D eigenvalue weighted by atomic mass is 35.5. The largest absolute Gasteiger partial charge is 0.467 e. The summed E-state index contributed by atoms with van der Waals surface area (Å²) in [7, 11) is 0. The molecule has 1 amide bonds. The molecule has 26 heavy (non-hydrogen) atoms. The molecule has 7 heteroatoms. The molecule has 3 rings (SSSR count). The third kappa shape index (κ3) is 4.33. The molecule has 2 heterocycles. The lowest BCUT2D eigenvalue weighted by molar-refractivity contribution is -0.150. The zero-order valence-corrected chi connectivity index (χ0v) is 15.5. The van der Waals surface area contributed by atoms with Gasteiger partial charge >= 0.3 is 5.97 Å². The maximum Gasteiger partial charge on any atom is 0.331 e. The number of carbonyl (C=O) groups is 2. The van der Waals surface area contributed by atoms with Crippen molar-refractivity contribution in [3.8, 4) is 0 Å².